The first-order chi connectivity index (χ1) is 11.4. The summed E-state index contributed by atoms with van der Waals surface area (Å²) in [6.45, 7) is 6.24. The highest BCUT2D eigenvalue weighted by Gasteiger charge is 2.13. The lowest BCUT2D eigenvalue weighted by molar-refractivity contribution is 0.242. The summed E-state index contributed by atoms with van der Waals surface area (Å²) >= 11 is 0. The van der Waals surface area contributed by atoms with Gasteiger partial charge in [0.25, 0.3) is 0 Å². The summed E-state index contributed by atoms with van der Waals surface area (Å²) in [5.41, 5.74) is 1.01. The smallest absolute Gasteiger partial charge is 0.240 e. The van der Waals surface area contributed by atoms with Crippen LogP contribution in [0.5, 0.6) is 11.5 Å². The molecule has 0 aliphatic heterocycles. The van der Waals surface area contributed by atoms with Crippen LogP contribution in [0.25, 0.3) is 0 Å². The van der Waals surface area contributed by atoms with Crippen LogP contribution in [-0.4, -0.2) is 27.7 Å². The van der Waals surface area contributed by atoms with Crippen molar-refractivity contribution in [2.75, 3.05) is 13.2 Å². The number of sulfonamides is 1. The molecule has 0 atom stereocenters. The molecular weight excluding hydrogens is 326 g/mol. The van der Waals surface area contributed by atoms with Gasteiger partial charge in [-0.1, -0.05) is 18.2 Å². The lowest BCUT2D eigenvalue weighted by Gasteiger charge is -2.12. The second kappa shape index (κ2) is 8.17. The van der Waals surface area contributed by atoms with E-state index >= 15 is 0 Å². The highest BCUT2D eigenvalue weighted by Crippen LogP contribution is 2.17. The van der Waals surface area contributed by atoms with E-state index in [-0.39, 0.29) is 24.2 Å². The van der Waals surface area contributed by atoms with E-state index in [2.05, 4.69) is 4.72 Å². The largest absolute Gasteiger partial charge is 0.492 e. The third-order valence-corrected chi connectivity index (χ3v) is 4.73. The molecule has 0 spiro atoms. The molecule has 0 saturated carbocycles. The van der Waals surface area contributed by atoms with Crippen LogP contribution in [0.15, 0.2) is 53.4 Å². The molecule has 1 N–H and O–H groups in total. The number of hydrogen-bond donors (Lipinski definition) is 1. The summed E-state index contributed by atoms with van der Waals surface area (Å²) in [7, 11) is -3.56. The molecular formula is C18H23NO4S. The number of rotatable bonds is 8. The van der Waals surface area contributed by atoms with Gasteiger partial charge in [-0.05, 0) is 56.7 Å². The molecule has 0 aliphatic rings. The normalized spacial score (nSPS) is 11.5. The molecule has 0 aliphatic carbocycles. The maximum Gasteiger partial charge on any atom is 0.240 e. The molecule has 130 valence electrons. The quantitative estimate of drug-likeness (QED) is 0.744. The van der Waals surface area contributed by atoms with Gasteiger partial charge >= 0.3 is 0 Å². The van der Waals surface area contributed by atoms with Crippen LogP contribution in [0.1, 0.15) is 19.4 Å². The van der Waals surface area contributed by atoms with E-state index in [0.717, 1.165) is 11.3 Å². The highest BCUT2D eigenvalue weighted by molar-refractivity contribution is 7.89. The van der Waals surface area contributed by atoms with E-state index in [1.807, 2.05) is 45.0 Å². The number of ether oxygens (including phenoxy) is 2. The van der Waals surface area contributed by atoms with E-state index in [1.165, 1.54) is 12.1 Å². The van der Waals surface area contributed by atoms with Crippen molar-refractivity contribution in [3.8, 4) is 11.5 Å². The molecule has 0 bridgehead atoms. The van der Waals surface area contributed by atoms with Crippen LogP contribution in [0, 0.1) is 6.92 Å². The minimum Gasteiger partial charge on any atom is -0.492 e. The summed E-state index contributed by atoms with van der Waals surface area (Å²) in [6, 6.07) is 14.0. The van der Waals surface area contributed by atoms with E-state index in [1.54, 1.807) is 12.1 Å². The molecule has 2 rings (SSSR count). The highest BCUT2D eigenvalue weighted by atomic mass is 32.2. The third-order valence-electron chi connectivity index (χ3n) is 3.25. The van der Waals surface area contributed by atoms with E-state index in [9.17, 15) is 8.42 Å². The minimum atomic E-state index is -3.56. The monoisotopic (exact) mass is 349 g/mol. The first kappa shape index (κ1) is 18.3. The lowest BCUT2D eigenvalue weighted by Crippen LogP contribution is -2.28. The molecule has 0 saturated heterocycles. The van der Waals surface area contributed by atoms with Crippen LogP contribution in [-0.2, 0) is 10.0 Å². The molecule has 0 heterocycles. The standard InChI is InChI=1S/C18H23NO4S/c1-14(2)23-16-8-10-17(11-9-16)24(20,21)19-12-13-22-18-7-5-4-6-15(18)3/h4-11,14,19H,12-13H2,1-3H3. The average molecular weight is 349 g/mol. The van der Waals surface area contributed by atoms with Crippen LogP contribution in [0.4, 0.5) is 0 Å². The van der Waals surface area contributed by atoms with Crippen molar-refractivity contribution in [3.63, 3.8) is 0 Å². The zero-order chi connectivity index (χ0) is 17.6. The summed E-state index contributed by atoms with van der Waals surface area (Å²) in [5, 5.41) is 0. The van der Waals surface area contributed by atoms with Gasteiger partial charge in [-0.2, -0.15) is 0 Å². The molecule has 6 heteroatoms. The van der Waals surface area contributed by atoms with Crippen molar-refractivity contribution >= 4 is 10.0 Å². The third kappa shape index (κ3) is 5.25. The zero-order valence-corrected chi connectivity index (χ0v) is 15.0. The average Bonchev–Trinajstić information content (AvgIpc) is 2.53. The van der Waals surface area contributed by atoms with Gasteiger partial charge in [0.1, 0.15) is 18.1 Å². The van der Waals surface area contributed by atoms with E-state index in [4.69, 9.17) is 9.47 Å². The first-order valence-corrected chi connectivity index (χ1v) is 9.31. The summed E-state index contributed by atoms with van der Waals surface area (Å²) in [5.74, 6) is 1.40. The lowest BCUT2D eigenvalue weighted by atomic mass is 10.2. The molecule has 5 nitrogen and oxygen atoms in total. The molecule has 0 radical (unpaired) electrons. The van der Waals surface area contributed by atoms with Gasteiger partial charge in [0.05, 0.1) is 11.0 Å². The summed E-state index contributed by atoms with van der Waals surface area (Å²) < 4.78 is 38.1. The van der Waals surface area contributed by atoms with Crippen molar-refractivity contribution in [1.82, 2.24) is 4.72 Å². The van der Waals surface area contributed by atoms with Crippen molar-refractivity contribution in [2.45, 2.75) is 31.8 Å². The Morgan fingerprint density at radius 2 is 1.71 bits per heavy atom. The Balaban J connectivity index is 1.88. The van der Waals surface area contributed by atoms with Gasteiger partial charge in [0, 0.05) is 6.54 Å². The van der Waals surface area contributed by atoms with Crippen molar-refractivity contribution in [1.29, 1.82) is 0 Å². The summed E-state index contributed by atoms with van der Waals surface area (Å²) in [4.78, 5) is 0.203. The predicted octanol–water partition coefficient (Wildman–Crippen LogP) is 3.14. The Morgan fingerprint density at radius 1 is 1.04 bits per heavy atom. The van der Waals surface area contributed by atoms with Gasteiger partial charge in [-0.15, -0.1) is 0 Å². The topological polar surface area (TPSA) is 64.6 Å². The Labute approximate surface area is 143 Å². The molecule has 0 aromatic heterocycles. The fraction of sp³-hybridized carbons (Fsp3) is 0.333. The number of hydrogen-bond acceptors (Lipinski definition) is 4. The molecule has 0 unspecified atom stereocenters. The predicted molar refractivity (Wildman–Crippen MR) is 94.1 cm³/mol. The van der Waals surface area contributed by atoms with Crippen molar-refractivity contribution in [2.24, 2.45) is 0 Å². The number of nitrogens with one attached hydrogen (secondary N) is 1. The molecule has 0 fully saturated rings. The zero-order valence-electron chi connectivity index (χ0n) is 14.2. The van der Waals surface area contributed by atoms with E-state index < -0.39 is 10.0 Å². The summed E-state index contributed by atoms with van der Waals surface area (Å²) in [6.07, 6.45) is 0.0455. The molecule has 2 aromatic rings. The van der Waals surface area contributed by atoms with Crippen molar-refractivity contribution < 1.29 is 17.9 Å². The Kier molecular flexibility index (Phi) is 6.23. The molecule has 2 aromatic carbocycles. The fourth-order valence-electron chi connectivity index (χ4n) is 2.11. The Hall–Kier alpha value is -2.05. The SMILES string of the molecule is Cc1ccccc1OCCNS(=O)(=O)c1ccc(OC(C)C)cc1. The number of para-hydroxylation sites is 1. The van der Waals surface area contributed by atoms with Gasteiger partial charge < -0.3 is 9.47 Å². The number of aryl methyl sites for hydroxylation is 1. The van der Waals surface area contributed by atoms with Crippen LogP contribution in [0.2, 0.25) is 0 Å². The molecule has 0 amide bonds. The van der Waals surface area contributed by atoms with Gasteiger partial charge in [0.15, 0.2) is 0 Å². The van der Waals surface area contributed by atoms with Crippen LogP contribution in [0.3, 0.4) is 0 Å². The maximum absolute atomic E-state index is 12.2. The fourth-order valence-corrected chi connectivity index (χ4v) is 3.12. The number of benzene rings is 2. The minimum absolute atomic E-state index is 0.0455. The van der Waals surface area contributed by atoms with Gasteiger partial charge in [-0.3, -0.25) is 0 Å². The Morgan fingerprint density at radius 3 is 2.33 bits per heavy atom. The van der Waals surface area contributed by atoms with E-state index in [0.29, 0.717) is 5.75 Å². The first-order valence-electron chi connectivity index (χ1n) is 7.83. The van der Waals surface area contributed by atoms with Crippen molar-refractivity contribution in [3.05, 3.63) is 54.1 Å². The van der Waals surface area contributed by atoms with Gasteiger partial charge in [0.2, 0.25) is 10.0 Å². The second-order valence-corrected chi connectivity index (χ2v) is 7.42. The maximum atomic E-state index is 12.2. The van der Waals surface area contributed by atoms with Crippen LogP contribution < -0.4 is 14.2 Å². The van der Waals surface area contributed by atoms with Crippen LogP contribution >= 0.6 is 0 Å². The second-order valence-electron chi connectivity index (χ2n) is 5.65. The Bertz CT molecular complexity index is 755. The molecule has 24 heavy (non-hydrogen) atoms. The van der Waals surface area contributed by atoms with Gasteiger partial charge in [-0.25, -0.2) is 13.1 Å².